The Balaban J connectivity index is 2.08. The lowest BCUT2D eigenvalue weighted by Crippen LogP contribution is -2.09. The highest BCUT2D eigenvalue weighted by atomic mass is 32.2. The Bertz CT molecular complexity index is 544. The predicted molar refractivity (Wildman–Crippen MR) is 62.1 cm³/mol. The Morgan fingerprint density at radius 3 is 2.69 bits per heavy atom. The lowest BCUT2D eigenvalue weighted by molar-refractivity contribution is 0.478. The first kappa shape index (κ1) is 11.2. The fourth-order valence-electron chi connectivity index (χ4n) is 1.77. The molecular formula is C11H13NO3S. The van der Waals surface area contributed by atoms with Crippen LogP contribution in [0.5, 0.6) is 0 Å². The second-order valence-electron chi connectivity index (χ2n) is 3.71. The molecule has 4 nitrogen and oxygen atoms in total. The van der Waals surface area contributed by atoms with E-state index < -0.39 is 10.1 Å². The number of hydrogen-bond acceptors (Lipinski definition) is 2. The number of pyridine rings is 1. The summed E-state index contributed by atoms with van der Waals surface area (Å²) in [7, 11) is -3.85. The molecule has 0 spiro atoms. The molecule has 0 saturated heterocycles. The fourth-order valence-corrected chi connectivity index (χ4v) is 2.26. The largest absolute Gasteiger partial charge is 0.347 e. The summed E-state index contributed by atoms with van der Waals surface area (Å²) in [5.74, 6) is -0.197. The van der Waals surface area contributed by atoms with E-state index in [0.29, 0.717) is 13.0 Å². The summed E-state index contributed by atoms with van der Waals surface area (Å²) in [5, 5.41) is 0. The average molecular weight is 239 g/mol. The molecule has 0 bridgehead atoms. The second kappa shape index (κ2) is 4.27. The molecule has 0 radical (unpaired) electrons. The van der Waals surface area contributed by atoms with E-state index in [-0.39, 0.29) is 5.75 Å². The van der Waals surface area contributed by atoms with Crippen molar-refractivity contribution in [1.82, 2.24) is 4.57 Å². The van der Waals surface area contributed by atoms with Gasteiger partial charge in [0.05, 0.1) is 5.75 Å². The normalized spacial score (nSPS) is 12.1. The first-order valence-electron chi connectivity index (χ1n) is 5.05. The fraction of sp³-hybridized carbons (Fsp3) is 0.273. The monoisotopic (exact) mass is 239 g/mol. The Kier molecular flexibility index (Phi) is 2.98. The molecule has 1 aliphatic heterocycles. The topological polar surface area (TPSA) is 59.3 Å². The maximum Gasteiger partial charge on any atom is 0.264 e. The number of aryl methyl sites for hydroxylation is 1. The molecule has 0 unspecified atom stereocenters. The lowest BCUT2D eigenvalue weighted by atomic mass is 10.2. The zero-order valence-corrected chi connectivity index (χ0v) is 9.52. The first-order chi connectivity index (χ1) is 7.56. The molecule has 2 rings (SSSR count). The van der Waals surface area contributed by atoms with Crippen molar-refractivity contribution in [3.63, 3.8) is 0 Å². The van der Waals surface area contributed by atoms with E-state index in [1.54, 1.807) is 0 Å². The molecule has 0 aromatic carbocycles. The number of aromatic nitrogens is 1. The predicted octanol–water partition coefficient (Wildman–Crippen LogP) is 1.87. The minimum atomic E-state index is -3.85. The SMILES string of the molecule is O=S(=O)(O)CCCn1cccc2cccc1-2. The van der Waals surface area contributed by atoms with E-state index in [9.17, 15) is 8.42 Å². The number of hydrogen-bond donors (Lipinski definition) is 1. The molecule has 0 fully saturated rings. The van der Waals surface area contributed by atoms with Crippen LogP contribution >= 0.6 is 0 Å². The summed E-state index contributed by atoms with van der Waals surface area (Å²) in [6.07, 6.45) is 2.32. The summed E-state index contributed by atoms with van der Waals surface area (Å²) in [6, 6.07) is 9.89. The van der Waals surface area contributed by atoms with Gasteiger partial charge in [-0.05, 0) is 24.1 Å². The van der Waals surface area contributed by atoms with Crippen LogP contribution in [0.2, 0.25) is 0 Å². The summed E-state index contributed by atoms with van der Waals surface area (Å²) >= 11 is 0. The number of fused-ring (bicyclic) bond motifs is 1. The third-order valence-electron chi connectivity index (χ3n) is 2.48. The standard InChI is InChI=1S/C11H13NO3S/c13-16(14,15)9-3-8-12-7-2-5-10-4-1-6-11(10)12/h1-2,4-7H,3,8-9H2,(H,13,14,15). The van der Waals surface area contributed by atoms with Gasteiger partial charge in [0.25, 0.3) is 10.1 Å². The van der Waals surface area contributed by atoms with Crippen molar-refractivity contribution in [2.75, 3.05) is 5.75 Å². The van der Waals surface area contributed by atoms with Gasteiger partial charge in [0.1, 0.15) is 0 Å². The van der Waals surface area contributed by atoms with E-state index in [1.165, 1.54) is 0 Å². The van der Waals surface area contributed by atoms with Crippen LogP contribution in [-0.4, -0.2) is 23.3 Å². The van der Waals surface area contributed by atoms with Crippen LogP contribution in [0, 0.1) is 0 Å². The Morgan fingerprint density at radius 1 is 1.19 bits per heavy atom. The number of nitrogens with zero attached hydrogens (tertiary/aromatic N) is 1. The molecule has 0 saturated carbocycles. The molecule has 1 aliphatic carbocycles. The van der Waals surface area contributed by atoms with Crippen LogP contribution in [0.15, 0.2) is 36.5 Å². The van der Waals surface area contributed by atoms with Gasteiger partial charge in [-0.2, -0.15) is 8.42 Å². The lowest BCUT2D eigenvalue weighted by Gasteiger charge is -2.11. The molecule has 0 aromatic rings. The van der Waals surface area contributed by atoms with Gasteiger partial charge in [-0.15, -0.1) is 0 Å². The third kappa shape index (κ3) is 2.62. The maximum absolute atomic E-state index is 10.6. The van der Waals surface area contributed by atoms with E-state index in [4.69, 9.17) is 4.55 Å². The van der Waals surface area contributed by atoms with Gasteiger partial charge in [0, 0.05) is 18.4 Å². The quantitative estimate of drug-likeness (QED) is 0.829. The second-order valence-corrected chi connectivity index (χ2v) is 5.28. The van der Waals surface area contributed by atoms with Gasteiger partial charge in [-0.25, -0.2) is 0 Å². The molecule has 1 N–H and O–H groups in total. The highest BCUT2D eigenvalue weighted by Crippen LogP contribution is 2.22. The molecule has 16 heavy (non-hydrogen) atoms. The van der Waals surface area contributed by atoms with Crippen molar-refractivity contribution in [2.45, 2.75) is 13.0 Å². The van der Waals surface area contributed by atoms with E-state index in [0.717, 1.165) is 11.3 Å². The minimum Gasteiger partial charge on any atom is -0.347 e. The van der Waals surface area contributed by atoms with Gasteiger partial charge >= 0.3 is 0 Å². The molecule has 0 amide bonds. The highest BCUT2D eigenvalue weighted by molar-refractivity contribution is 7.85. The Hall–Kier alpha value is -1.33. The number of rotatable bonds is 4. The summed E-state index contributed by atoms with van der Waals surface area (Å²) in [6.45, 7) is 0.584. The minimum absolute atomic E-state index is 0.197. The van der Waals surface area contributed by atoms with E-state index in [2.05, 4.69) is 0 Å². The zero-order valence-electron chi connectivity index (χ0n) is 8.70. The zero-order chi connectivity index (χ0) is 11.6. The van der Waals surface area contributed by atoms with Crippen LogP contribution in [-0.2, 0) is 16.7 Å². The van der Waals surface area contributed by atoms with Gasteiger partial charge in [0.15, 0.2) is 0 Å². The van der Waals surface area contributed by atoms with Crippen molar-refractivity contribution >= 4 is 10.1 Å². The molecule has 0 aromatic heterocycles. The van der Waals surface area contributed by atoms with Gasteiger partial charge < -0.3 is 4.57 Å². The first-order valence-corrected chi connectivity index (χ1v) is 6.66. The maximum atomic E-state index is 10.6. The van der Waals surface area contributed by atoms with Crippen LogP contribution < -0.4 is 0 Å². The summed E-state index contributed by atoms with van der Waals surface area (Å²) in [5.41, 5.74) is 2.21. The Labute approximate surface area is 94.6 Å². The molecular weight excluding hydrogens is 226 g/mol. The highest BCUT2D eigenvalue weighted by Gasteiger charge is 2.07. The average Bonchev–Trinajstić information content (AvgIpc) is 2.64. The van der Waals surface area contributed by atoms with E-state index in [1.807, 2.05) is 41.1 Å². The smallest absolute Gasteiger partial charge is 0.264 e. The van der Waals surface area contributed by atoms with Crippen molar-refractivity contribution in [1.29, 1.82) is 0 Å². The summed E-state index contributed by atoms with van der Waals surface area (Å²) < 4.78 is 31.8. The van der Waals surface area contributed by atoms with Gasteiger partial charge in [-0.3, -0.25) is 4.55 Å². The van der Waals surface area contributed by atoms with Gasteiger partial charge in [0.2, 0.25) is 0 Å². The third-order valence-corrected chi connectivity index (χ3v) is 3.28. The van der Waals surface area contributed by atoms with Crippen LogP contribution in [0.4, 0.5) is 0 Å². The van der Waals surface area contributed by atoms with Crippen molar-refractivity contribution in [3.05, 3.63) is 36.5 Å². The molecule has 2 aliphatic rings. The molecule has 0 atom stereocenters. The van der Waals surface area contributed by atoms with Crippen molar-refractivity contribution in [2.24, 2.45) is 0 Å². The molecule has 86 valence electrons. The van der Waals surface area contributed by atoms with Crippen molar-refractivity contribution < 1.29 is 13.0 Å². The summed E-state index contributed by atoms with van der Waals surface area (Å²) in [4.78, 5) is 0. The van der Waals surface area contributed by atoms with Crippen molar-refractivity contribution in [3.8, 4) is 11.3 Å². The molecule has 1 heterocycles. The van der Waals surface area contributed by atoms with Crippen LogP contribution in [0.1, 0.15) is 6.42 Å². The Morgan fingerprint density at radius 2 is 1.94 bits per heavy atom. The van der Waals surface area contributed by atoms with Crippen LogP contribution in [0.25, 0.3) is 11.3 Å². The van der Waals surface area contributed by atoms with Crippen LogP contribution in [0.3, 0.4) is 0 Å². The molecule has 5 heteroatoms. The van der Waals surface area contributed by atoms with Gasteiger partial charge in [-0.1, -0.05) is 18.2 Å². The van der Waals surface area contributed by atoms with E-state index >= 15 is 0 Å².